The molecule has 0 saturated heterocycles. The van der Waals surface area contributed by atoms with Crippen LogP contribution < -0.4 is 0 Å². The predicted octanol–water partition coefficient (Wildman–Crippen LogP) is 6.26. The van der Waals surface area contributed by atoms with E-state index in [2.05, 4.69) is 26.9 Å². The largest absolute Gasteiger partial charge is 0.332 e. The van der Waals surface area contributed by atoms with Gasteiger partial charge in [-0.15, -0.1) is 11.8 Å². The fourth-order valence-corrected chi connectivity index (χ4v) is 6.04. The Bertz CT molecular complexity index is 1160. The molecule has 0 N–H and O–H groups in total. The Hall–Kier alpha value is -2.08. The number of hydrogen-bond donors (Lipinski definition) is 0. The van der Waals surface area contributed by atoms with Gasteiger partial charge < -0.3 is 4.90 Å². The molecule has 2 aromatic carbocycles. The normalized spacial score (nSPS) is 22.6. The number of benzene rings is 2. The van der Waals surface area contributed by atoms with E-state index in [-0.39, 0.29) is 22.9 Å². The molecule has 5 rings (SSSR count). The van der Waals surface area contributed by atoms with Crippen LogP contribution in [0.1, 0.15) is 29.3 Å². The molecule has 0 unspecified atom stereocenters. The number of rotatable bonds is 3. The highest BCUT2D eigenvalue weighted by molar-refractivity contribution is 9.10. The lowest BCUT2D eigenvalue weighted by molar-refractivity contribution is -0.111. The lowest BCUT2D eigenvalue weighted by Crippen LogP contribution is -2.47. The van der Waals surface area contributed by atoms with E-state index in [0.29, 0.717) is 21.9 Å². The summed E-state index contributed by atoms with van der Waals surface area (Å²) in [7, 11) is 0. The molecule has 0 spiro atoms. The molecular weight excluding hydrogens is 482 g/mol. The van der Waals surface area contributed by atoms with Crippen LogP contribution in [0.4, 0.5) is 0 Å². The van der Waals surface area contributed by atoms with Gasteiger partial charge in [0.25, 0.3) is 0 Å². The summed E-state index contributed by atoms with van der Waals surface area (Å²) in [5, 5.41) is 0.364. The first kappa shape index (κ1) is 19.9. The molecule has 0 fully saturated rings. The van der Waals surface area contributed by atoms with Gasteiger partial charge in [-0.05, 0) is 49.2 Å². The third kappa shape index (κ3) is 3.11. The second-order valence-corrected chi connectivity index (χ2v) is 10.2. The summed E-state index contributed by atoms with van der Waals surface area (Å²) in [6.07, 6.45) is 4.81. The number of nitrogens with zero attached hydrogens (tertiary/aromatic N) is 1. The minimum atomic E-state index is -0.271. The fourth-order valence-electron chi connectivity index (χ4n) is 4.33. The van der Waals surface area contributed by atoms with Crippen molar-refractivity contribution in [3.8, 4) is 0 Å². The summed E-state index contributed by atoms with van der Waals surface area (Å²) in [6.45, 7) is 1.94. The Morgan fingerprint density at radius 2 is 1.83 bits per heavy atom. The number of halogens is 2. The van der Waals surface area contributed by atoms with Crippen molar-refractivity contribution in [2.24, 2.45) is 0 Å². The maximum absolute atomic E-state index is 13.4. The van der Waals surface area contributed by atoms with Crippen LogP contribution in [0, 0.1) is 0 Å². The molecule has 150 valence electrons. The van der Waals surface area contributed by atoms with Gasteiger partial charge in [-0.3, -0.25) is 9.59 Å². The summed E-state index contributed by atoms with van der Waals surface area (Å²) in [5.74, 6) is 0.112. The van der Waals surface area contributed by atoms with Crippen LogP contribution in [0.25, 0.3) is 5.57 Å². The van der Waals surface area contributed by atoms with Crippen LogP contribution in [0.3, 0.4) is 0 Å². The molecule has 3 heterocycles. The zero-order valence-corrected chi connectivity index (χ0v) is 19.2. The highest BCUT2D eigenvalue weighted by atomic mass is 79.9. The molecule has 0 saturated carbocycles. The van der Waals surface area contributed by atoms with E-state index in [1.54, 1.807) is 12.1 Å². The number of thioether (sulfide) groups is 1. The number of carbonyl (C=O) groups is 2. The summed E-state index contributed by atoms with van der Waals surface area (Å²) in [4.78, 5) is 29.8. The maximum atomic E-state index is 13.4. The van der Waals surface area contributed by atoms with Gasteiger partial charge in [0.2, 0.25) is 5.78 Å². The highest BCUT2D eigenvalue weighted by Crippen LogP contribution is 2.50. The Kier molecular flexibility index (Phi) is 5.00. The van der Waals surface area contributed by atoms with Crippen LogP contribution in [-0.4, -0.2) is 27.8 Å². The molecule has 30 heavy (non-hydrogen) atoms. The third-order valence-corrected chi connectivity index (χ3v) is 7.80. The average molecular weight is 499 g/mol. The Morgan fingerprint density at radius 3 is 2.53 bits per heavy atom. The monoisotopic (exact) mass is 497 g/mol. The molecule has 2 aromatic rings. The van der Waals surface area contributed by atoms with Crippen LogP contribution in [0.2, 0.25) is 5.02 Å². The first-order chi connectivity index (χ1) is 14.5. The van der Waals surface area contributed by atoms with E-state index < -0.39 is 0 Å². The van der Waals surface area contributed by atoms with Crippen LogP contribution in [0.5, 0.6) is 0 Å². The van der Waals surface area contributed by atoms with E-state index in [9.17, 15) is 9.59 Å². The lowest BCUT2D eigenvalue weighted by Gasteiger charge is -2.42. The maximum Gasteiger partial charge on any atom is 0.212 e. The second kappa shape index (κ2) is 7.56. The van der Waals surface area contributed by atoms with E-state index >= 15 is 0 Å². The lowest BCUT2D eigenvalue weighted by atomic mass is 9.95. The standard InChI is InChI=1S/C24H17BrClNO2S/c1-13-21-23(29)20(14-7-11-17(26)12-8-14)18-3-2-4-19(27(18)21)24(30-13)22(28)15-5-9-16(25)10-6-15/h2-3,5-12,19,24H,4H2,1H3/t19-,24+/m0/s1. The van der Waals surface area contributed by atoms with Gasteiger partial charge in [-0.1, -0.05) is 57.9 Å². The van der Waals surface area contributed by atoms with E-state index in [1.165, 1.54) is 11.8 Å². The molecule has 3 nitrogen and oxygen atoms in total. The minimum absolute atomic E-state index is 0.0170. The molecule has 2 atom stereocenters. The molecule has 0 aromatic heterocycles. The van der Waals surface area contributed by atoms with Gasteiger partial charge in [-0.2, -0.15) is 0 Å². The zero-order valence-electron chi connectivity index (χ0n) is 16.1. The predicted molar refractivity (Wildman–Crippen MR) is 125 cm³/mol. The van der Waals surface area contributed by atoms with E-state index in [4.69, 9.17) is 11.6 Å². The molecular formula is C24H17BrClNO2S. The molecule has 6 heteroatoms. The van der Waals surface area contributed by atoms with Crippen molar-refractivity contribution >= 4 is 56.4 Å². The molecule has 0 amide bonds. The third-order valence-electron chi connectivity index (χ3n) is 5.69. The smallest absolute Gasteiger partial charge is 0.212 e. The van der Waals surface area contributed by atoms with Crippen molar-refractivity contribution < 1.29 is 9.59 Å². The highest BCUT2D eigenvalue weighted by Gasteiger charge is 2.48. The van der Waals surface area contributed by atoms with Gasteiger partial charge in [-0.25, -0.2) is 0 Å². The summed E-state index contributed by atoms with van der Waals surface area (Å²) < 4.78 is 0.942. The minimum Gasteiger partial charge on any atom is -0.332 e. The Balaban J connectivity index is 1.60. The number of carbonyl (C=O) groups excluding carboxylic acids is 2. The number of hydrogen-bond acceptors (Lipinski definition) is 4. The summed E-state index contributed by atoms with van der Waals surface area (Å²) in [6, 6.07) is 14.8. The van der Waals surface area contributed by atoms with Crippen molar-refractivity contribution in [2.75, 3.05) is 0 Å². The van der Waals surface area contributed by atoms with Crippen molar-refractivity contribution in [1.29, 1.82) is 0 Å². The molecule has 0 bridgehead atoms. The Labute approximate surface area is 192 Å². The second-order valence-electron chi connectivity index (χ2n) is 7.49. The van der Waals surface area contributed by atoms with Crippen molar-refractivity contribution in [2.45, 2.75) is 24.6 Å². The van der Waals surface area contributed by atoms with Crippen molar-refractivity contribution in [1.82, 2.24) is 4.90 Å². The number of Topliss-reactive ketones (excluding diaryl/α,β-unsaturated/α-hetero) is 2. The van der Waals surface area contributed by atoms with Crippen molar-refractivity contribution in [3.63, 3.8) is 0 Å². The number of ketones is 2. The van der Waals surface area contributed by atoms with Gasteiger partial charge in [0, 0.05) is 20.0 Å². The van der Waals surface area contributed by atoms with E-state index in [0.717, 1.165) is 27.1 Å². The molecule has 3 aliphatic rings. The first-order valence-electron chi connectivity index (χ1n) is 9.63. The van der Waals surface area contributed by atoms with Gasteiger partial charge in [0.1, 0.15) is 0 Å². The van der Waals surface area contributed by atoms with E-state index in [1.807, 2.05) is 49.4 Å². The Morgan fingerprint density at radius 1 is 1.13 bits per heavy atom. The van der Waals surface area contributed by atoms with Crippen LogP contribution >= 0.6 is 39.3 Å². The van der Waals surface area contributed by atoms with Crippen LogP contribution in [-0.2, 0) is 4.79 Å². The summed E-state index contributed by atoms with van der Waals surface area (Å²) >= 11 is 11.0. The first-order valence-corrected chi connectivity index (χ1v) is 11.7. The number of allylic oxidation sites excluding steroid dienone is 3. The summed E-state index contributed by atoms with van der Waals surface area (Å²) in [5.41, 5.74) is 3.80. The van der Waals surface area contributed by atoms with Gasteiger partial charge >= 0.3 is 0 Å². The topological polar surface area (TPSA) is 37.4 Å². The molecule has 0 aliphatic carbocycles. The SMILES string of the molecule is CC1=C2C(=O)C(c3ccc(Cl)cc3)=C3C=CC[C@@H]([C@H](C(=O)c4ccc(Br)cc4)S1)N32. The average Bonchev–Trinajstić information content (AvgIpc) is 3.05. The van der Waals surface area contributed by atoms with Gasteiger partial charge in [0.05, 0.1) is 28.3 Å². The van der Waals surface area contributed by atoms with Gasteiger partial charge in [0.15, 0.2) is 5.78 Å². The molecule has 0 radical (unpaired) electrons. The van der Waals surface area contributed by atoms with Crippen LogP contribution in [0.15, 0.2) is 81.5 Å². The van der Waals surface area contributed by atoms with Crippen molar-refractivity contribution in [3.05, 3.63) is 97.6 Å². The fraction of sp³-hybridized carbons (Fsp3) is 0.167. The quantitative estimate of drug-likeness (QED) is 0.468. The zero-order chi connectivity index (χ0) is 21.0. The molecule has 3 aliphatic heterocycles.